The number of nitrogens with two attached hydrogens (primary N) is 1. The van der Waals surface area contributed by atoms with Gasteiger partial charge in [-0.3, -0.25) is 4.79 Å². The number of hydrogen-bond donors (Lipinski definition) is 2. The summed E-state index contributed by atoms with van der Waals surface area (Å²) in [5.41, 5.74) is 6.81. The van der Waals surface area contributed by atoms with Gasteiger partial charge in [0.1, 0.15) is 5.75 Å². The highest BCUT2D eigenvalue weighted by atomic mass is 16.5. The van der Waals surface area contributed by atoms with Crippen LogP contribution < -0.4 is 15.8 Å². The minimum atomic E-state index is 0.0136. The molecule has 0 heterocycles. The monoisotopic (exact) mass is 236 g/mol. The SMILES string of the molecule is CCNC(=O)CCOc1ccc([C@H](C)N)cc1. The van der Waals surface area contributed by atoms with Crippen molar-refractivity contribution in [2.45, 2.75) is 26.3 Å². The van der Waals surface area contributed by atoms with E-state index in [0.29, 0.717) is 19.6 Å². The summed E-state index contributed by atoms with van der Waals surface area (Å²) in [7, 11) is 0. The van der Waals surface area contributed by atoms with Gasteiger partial charge in [0, 0.05) is 12.6 Å². The molecule has 0 saturated heterocycles. The summed E-state index contributed by atoms with van der Waals surface area (Å²) < 4.78 is 5.46. The Bertz CT molecular complexity index is 347. The van der Waals surface area contributed by atoms with E-state index in [-0.39, 0.29) is 11.9 Å². The minimum Gasteiger partial charge on any atom is -0.493 e. The molecule has 4 nitrogen and oxygen atoms in total. The third-order valence-corrected chi connectivity index (χ3v) is 2.38. The predicted octanol–water partition coefficient (Wildman–Crippen LogP) is 1.61. The van der Waals surface area contributed by atoms with Gasteiger partial charge in [0.05, 0.1) is 13.0 Å². The first-order valence-electron chi connectivity index (χ1n) is 5.88. The average molecular weight is 236 g/mol. The lowest BCUT2D eigenvalue weighted by Crippen LogP contribution is -2.24. The van der Waals surface area contributed by atoms with Crippen molar-refractivity contribution in [2.24, 2.45) is 5.73 Å². The van der Waals surface area contributed by atoms with Crippen molar-refractivity contribution in [3.05, 3.63) is 29.8 Å². The molecular formula is C13H20N2O2. The number of ether oxygens (including phenoxy) is 1. The Kier molecular flexibility index (Phi) is 5.49. The van der Waals surface area contributed by atoms with Crippen LogP contribution in [-0.4, -0.2) is 19.1 Å². The number of carbonyl (C=O) groups excluding carboxylic acids is 1. The Morgan fingerprint density at radius 2 is 2.06 bits per heavy atom. The van der Waals surface area contributed by atoms with Crippen molar-refractivity contribution in [1.82, 2.24) is 5.32 Å². The lowest BCUT2D eigenvalue weighted by atomic mass is 10.1. The van der Waals surface area contributed by atoms with Gasteiger partial charge >= 0.3 is 0 Å². The molecule has 1 amide bonds. The van der Waals surface area contributed by atoms with E-state index in [2.05, 4.69) is 5.32 Å². The van der Waals surface area contributed by atoms with Gasteiger partial charge in [-0.25, -0.2) is 0 Å². The topological polar surface area (TPSA) is 64.3 Å². The largest absolute Gasteiger partial charge is 0.493 e. The zero-order chi connectivity index (χ0) is 12.7. The van der Waals surface area contributed by atoms with Gasteiger partial charge in [0.2, 0.25) is 5.91 Å². The molecule has 4 heteroatoms. The molecule has 94 valence electrons. The van der Waals surface area contributed by atoms with Gasteiger partial charge in [-0.05, 0) is 31.5 Å². The van der Waals surface area contributed by atoms with Gasteiger partial charge < -0.3 is 15.8 Å². The second-order valence-corrected chi connectivity index (χ2v) is 3.91. The van der Waals surface area contributed by atoms with Crippen LogP contribution in [0.25, 0.3) is 0 Å². The Labute approximate surface area is 102 Å². The first-order valence-corrected chi connectivity index (χ1v) is 5.88. The molecule has 0 aromatic heterocycles. The van der Waals surface area contributed by atoms with Crippen LogP contribution in [0.2, 0.25) is 0 Å². The Balaban J connectivity index is 2.35. The summed E-state index contributed by atoms with van der Waals surface area (Å²) in [5.74, 6) is 0.776. The van der Waals surface area contributed by atoms with Crippen LogP contribution in [0, 0.1) is 0 Å². The van der Waals surface area contributed by atoms with Crippen LogP contribution in [0.3, 0.4) is 0 Å². The summed E-state index contributed by atoms with van der Waals surface area (Å²) in [5, 5.41) is 2.72. The molecule has 0 aliphatic carbocycles. The zero-order valence-corrected chi connectivity index (χ0v) is 10.4. The van der Waals surface area contributed by atoms with E-state index >= 15 is 0 Å². The van der Waals surface area contributed by atoms with Crippen LogP contribution in [0.1, 0.15) is 31.9 Å². The summed E-state index contributed by atoms with van der Waals surface area (Å²) in [6, 6.07) is 7.64. The van der Waals surface area contributed by atoms with E-state index in [9.17, 15) is 4.79 Å². The zero-order valence-electron chi connectivity index (χ0n) is 10.4. The maximum absolute atomic E-state index is 11.2. The highest BCUT2D eigenvalue weighted by Gasteiger charge is 2.01. The Hall–Kier alpha value is -1.55. The lowest BCUT2D eigenvalue weighted by Gasteiger charge is -2.08. The molecular weight excluding hydrogens is 216 g/mol. The van der Waals surface area contributed by atoms with Crippen molar-refractivity contribution in [2.75, 3.05) is 13.2 Å². The van der Waals surface area contributed by atoms with Gasteiger partial charge in [0.25, 0.3) is 0 Å². The smallest absolute Gasteiger partial charge is 0.223 e. The second-order valence-electron chi connectivity index (χ2n) is 3.91. The third-order valence-electron chi connectivity index (χ3n) is 2.38. The maximum atomic E-state index is 11.2. The fraction of sp³-hybridized carbons (Fsp3) is 0.462. The van der Waals surface area contributed by atoms with Crippen LogP contribution in [-0.2, 0) is 4.79 Å². The van der Waals surface area contributed by atoms with E-state index in [0.717, 1.165) is 11.3 Å². The first-order chi connectivity index (χ1) is 8.13. The Morgan fingerprint density at radius 3 is 2.59 bits per heavy atom. The van der Waals surface area contributed by atoms with Gasteiger partial charge in [-0.1, -0.05) is 12.1 Å². The molecule has 0 spiro atoms. The summed E-state index contributed by atoms with van der Waals surface area (Å²) in [6.45, 7) is 4.88. The van der Waals surface area contributed by atoms with Crippen molar-refractivity contribution in [3.63, 3.8) is 0 Å². The Morgan fingerprint density at radius 1 is 1.41 bits per heavy atom. The number of amides is 1. The van der Waals surface area contributed by atoms with Crippen molar-refractivity contribution in [3.8, 4) is 5.75 Å². The van der Waals surface area contributed by atoms with E-state index in [1.165, 1.54) is 0 Å². The third kappa shape index (κ3) is 4.87. The molecule has 1 atom stereocenters. The molecule has 0 aliphatic heterocycles. The molecule has 0 bridgehead atoms. The first kappa shape index (κ1) is 13.5. The number of nitrogens with one attached hydrogen (secondary N) is 1. The van der Waals surface area contributed by atoms with Crippen molar-refractivity contribution in [1.29, 1.82) is 0 Å². The second kappa shape index (κ2) is 6.91. The summed E-state index contributed by atoms with van der Waals surface area (Å²) in [6.07, 6.45) is 0.378. The van der Waals surface area contributed by atoms with Gasteiger partial charge in [0.15, 0.2) is 0 Å². The highest BCUT2D eigenvalue weighted by molar-refractivity contribution is 5.75. The molecule has 0 radical (unpaired) electrons. The summed E-state index contributed by atoms with van der Waals surface area (Å²) >= 11 is 0. The molecule has 0 saturated carbocycles. The van der Waals surface area contributed by atoms with Crippen LogP contribution in [0.5, 0.6) is 5.75 Å². The van der Waals surface area contributed by atoms with Crippen molar-refractivity contribution < 1.29 is 9.53 Å². The lowest BCUT2D eigenvalue weighted by molar-refractivity contribution is -0.121. The average Bonchev–Trinajstić information content (AvgIpc) is 2.30. The highest BCUT2D eigenvalue weighted by Crippen LogP contribution is 2.15. The molecule has 1 rings (SSSR count). The van der Waals surface area contributed by atoms with Gasteiger partial charge in [-0.2, -0.15) is 0 Å². The van der Waals surface area contributed by atoms with Crippen LogP contribution >= 0.6 is 0 Å². The van der Waals surface area contributed by atoms with Gasteiger partial charge in [-0.15, -0.1) is 0 Å². The van der Waals surface area contributed by atoms with Crippen LogP contribution in [0.15, 0.2) is 24.3 Å². The van der Waals surface area contributed by atoms with Crippen molar-refractivity contribution >= 4 is 5.91 Å². The predicted molar refractivity (Wildman–Crippen MR) is 67.8 cm³/mol. The normalized spacial score (nSPS) is 11.9. The molecule has 0 fully saturated rings. The quantitative estimate of drug-likeness (QED) is 0.788. The number of carbonyl (C=O) groups is 1. The molecule has 0 aliphatic rings. The fourth-order valence-corrected chi connectivity index (χ4v) is 1.41. The number of rotatable bonds is 6. The van der Waals surface area contributed by atoms with E-state index < -0.39 is 0 Å². The standard InChI is InChI=1S/C13H20N2O2/c1-3-15-13(16)8-9-17-12-6-4-11(5-7-12)10(2)14/h4-7,10H,3,8-9,14H2,1-2H3,(H,15,16)/t10-/m0/s1. The molecule has 0 unspecified atom stereocenters. The number of hydrogen-bond acceptors (Lipinski definition) is 3. The minimum absolute atomic E-state index is 0.0136. The fourth-order valence-electron chi connectivity index (χ4n) is 1.41. The molecule has 1 aromatic carbocycles. The van der Waals surface area contributed by atoms with E-state index in [4.69, 9.17) is 10.5 Å². The van der Waals surface area contributed by atoms with E-state index in [1.807, 2.05) is 38.1 Å². The number of benzene rings is 1. The van der Waals surface area contributed by atoms with E-state index in [1.54, 1.807) is 0 Å². The summed E-state index contributed by atoms with van der Waals surface area (Å²) in [4.78, 5) is 11.2. The van der Waals surface area contributed by atoms with Crippen LogP contribution in [0.4, 0.5) is 0 Å². The molecule has 1 aromatic rings. The molecule has 17 heavy (non-hydrogen) atoms. The molecule has 3 N–H and O–H groups in total. The maximum Gasteiger partial charge on any atom is 0.223 e.